The van der Waals surface area contributed by atoms with Gasteiger partial charge < -0.3 is 14.6 Å². The minimum absolute atomic E-state index is 0.261. The Bertz CT molecular complexity index is 1100. The maximum Gasteiger partial charge on any atom is 0.350 e. The van der Waals surface area contributed by atoms with Crippen LogP contribution in [0.2, 0.25) is 0 Å². The molecule has 1 aromatic heterocycles. The van der Waals surface area contributed by atoms with Crippen LogP contribution in [0.1, 0.15) is 30.5 Å². The molecule has 0 fully saturated rings. The summed E-state index contributed by atoms with van der Waals surface area (Å²) < 4.78 is 13.7. The second kappa shape index (κ2) is 8.06. The van der Waals surface area contributed by atoms with Crippen LogP contribution in [-0.2, 0) is 11.3 Å². The van der Waals surface area contributed by atoms with Gasteiger partial charge in [-0.15, -0.1) is 0 Å². The van der Waals surface area contributed by atoms with Crippen molar-refractivity contribution in [2.24, 2.45) is 0 Å². The highest BCUT2D eigenvalue weighted by molar-refractivity contribution is 5.77. The summed E-state index contributed by atoms with van der Waals surface area (Å²) in [5.41, 5.74) is 1.55. The highest BCUT2D eigenvalue weighted by atomic mass is 16.5. The number of nitrogens with zero attached hydrogens (tertiary/aromatic N) is 3. The molecular formula is C22H25N3O5. The molecule has 0 atom stereocenters. The summed E-state index contributed by atoms with van der Waals surface area (Å²) in [5, 5.41) is 13.5. The molecule has 0 spiro atoms. The third-order valence-electron chi connectivity index (χ3n) is 4.81. The Morgan fingerprint density at radius 3 is 2.27 bits per heavy atom. The number of benzene rings is 2. The second-order valence-electron chi connectivity index (χ2n) is 7.62. The fourth-order valence-electron chi connectivity index (χ4n) is 3.13. The molecule has 0 saturated heterocycles. The number of hydrogen-bond acceptors (Lipinski definition) is 5. The average Bonchev–Trinajstić information content (AvgIpc) is 3.05. The smallest absolute Gasteiger partial charge is 0.350 e. The minimum Gasteiger partial charge on any atom is -0.497 e. The molecule has 3 aromatic rings. The van der Waals surface area contributed by atoms with E-state index < -0.39 is 11.6 Å². The van der Waals surface area contributed by atoms with E-state index in [9.17, 15) is 14.7 Å². The maximum atomic E-state index is 12.8. The van der Waals surface area contributed by atoms with Gasteiger partial charge in [0.25, 0.3) is 0 Å². The number of carbonyl (C=O) groups is 1. The molecule has 0 amide bonds. The summed E-state index contributed by atoms with van der Waals surface area (Å²) in [6.45, 7) is 7.00. The lowest BCUT2D eigenvalue weighted by Gasteiger charge is -2.24. The lowest BCUT2D eigenvalue weighted by atomic mass is 10.0. The van der Waals surface area contributed by atoms with Crippen molar-refractivity contribution >= 4 is 5.97 Å². The summed E-state index contributed by atoms with van der Waals surface area (Å²) in [4.78, 5) is 24.1. The molecule has 30 heavy (non-hydrogen) atoms. The molecule has 158 valence electrons. The molecule has 8 heteroatoms. The van der Waals surface area contributed by atoms with Crippen molar-refractivity contribution < 1.29 is 19.4 Å². The molecule has 0 aliphatic carbocycles. The summed E-state index contributed by atoms with van der Waals surface area (Å²) >= 11 is 0. The van der Waals surface area contributed by atoms with Crippen molar-refractivity contribution in [2.45, 2.75) is 39.8 Å². The first-order valence-electron chi connectivity index (χ1n) is 9.44. The first kappa shape index (κ1) is 21.2. The molecule has 0 radical (unpaired) electrons. The minimum atomic E-state index is -1.34. The predicted octanol–water partition coefficient (Wildman–Crippen LogP) is 2.95. The number of methoxy groups -OCH3 is 1. The normalized spacial score (nSPS) is 11.4. The summed E-state index contributed by atoms with van der Waals surface area (Å²) in [7, 11) is 1.59. The Kier molecular flexibility index (Phi) is 5.69. The average molecular weight is 411 g/mol. The van der Waals surface area contributed by atoms with E-state index >= 15 is 0 Å². The van der Waals surface area contributed by atoms with Gasteiger partial charge in [-0.2, -0.15) is 5.10 Å². The molecule has 2 aromatic carbocycles. The molecular weight excluding hydrogens is 386 g/mol. The van der Waals surface area contributed by atoms with Crippen molar-refractivity contribution in [1.29, 1.82) is 0 Å². The van der Waals surface area contributed by atoms with Gasteiger partial charge in [0.2, 0.25) is 0 Å². The van der Waals surface area contributed by atoms with Crippen molar-refractivity contribution in [2.75, 3.05) is 7.11 Å². The third kappa shape index (κ3) is 4.22. The van der Waals surface area contributed by atoms with Gasteiger partial charge in [0, 0.05) is 0 Å². The van der Waals surface area contributed by atoms with Gasteiger partial charge in [-0.3, -0.25) is 0 Å². The highest BCUT2D eigenvalue weighted by Crippen LogP contribution is 2.29. The lowest BCUT2D eigenvalue weighted by molar-refractivity contribution is -0.152. The number of hydrogen-bond donors (Lipinski definition) is 1. The summed E-state index contributed by atoms with van der Waals surface area (Å²) in [5.74, 6) is 0.196. The standard InChI is InChI=1S/C22H25N3O5/c1-14-10-16(11-15(2)19(14)30-22(3,4)20(26)27)12-25-21(28)24(13-23-25)17-6-8-18(29-5)9-7-17/h6-11,13H,12H2,1-5H3,(H,26,27). The maximum absolute atomic E-state index is 12.8. The zero-order valence-electron chi connectivity index (χ0n) is 17.7. The van der Waals surface area contributed by atoms with E-state index in [1.165, 1.54) is 29.4 Å². The Balaban J connectivity index is 1.86. The van der Waals surface area contributed by atoms with Crippen LogP contribution >= 0.6 is 0 Å². The Labute approximate surface area is 174 Å². The number of carboxylic acids is 1. The first-order chi connectivity index (χ1) is 14.1. The second-order valence-corrected chi connectivity index (χ2v) is 7.62. The van der Waals surface area contributed by atoms with Crippen LogP contribution in [-0.4, -0.2) is 38.1 Å². The van der Waals surface area contributed by atoms with E-state index in [2.05, 4.69) is 5.10 Å². The molecule has 0 aliphatic rings. The van der Waals surface area contributed by atoms with Crippen LogP contribution < -0.4 is 15.2 Å². The zero-order chi connectivity index (χ0) is 22.1. The van der Waals surface area contributed by atoms with Gasteiger partial charge in [0.15, 0.2) is 5.60 Å². The highest BCUT2D eigenvalue weighted by Gasteiger charge is 2.30. The molecule has 0 unspecified atom stereocenters. The van der Waals surface area contributed by atoms with Gasteiger partial charge in [0.1, 0.15) is 17.8 Å². The quantitative estimate of drug-likeness (QED) is 0.642. The number of rotatable bonds is 7. The van der Waals surface area contributed by atoms with E-state index in [1.54, 1.807) is 31.4 Å². The fourth-order valence-corrected chi connectivity index (χ4v) is 3.13. The van der Waals surface area contributed by atoms with Gasteiger partial charge in [-0.1, -0.05) is 12.1 Å². The number of aryl methyl sites for hydroxylation is 2. The first-order valence-corrected chi connectivity index (χ1v) is 9.44. The number of carboxylic acid groups (broad SMARTS) is 1. The molecule has 0 saturated carbocycles. The molecule has 1 heterocycles. The molecule has 0 bridgehead atoms. The van der Waals surface area contributed by atoms with Crippen LogP contribution in [0, 0.1) is 13.8 Å². The van der Waals surface area contributed by atoms with Crippen LogP contribution in [0.15, 0.2) is 47.5 Å². The zero-order valence-corrected chi connectivity index (χ0v) is 17.7. The topological polar surface area (TPSA) is 95.6 Å². The van der Waals surface area contributed by atoms with Gasteiger partial charge in [-0.05, 0) is 68.7 Å². The van der Waals surface area contributed by atoms with E-state index in [-0.39, 0.29) is 12.2 Å². The molecule has 0 aliphatic heterocycles. The Morgan fingerprint density at radius 2 is 1.73 bits per heavy atom. The SMILES string of the molecule is COc1ccc(-n2cnn(Cc3cc(C)c(OC(C)(C)C(=O)O)c(C)c3)c2=O)cc1. The summed E-state index contributed by atoms with van der Waals surface area (Å²) in [6, 6.07) is 10.9. The van der Waals surface area contributed by atoms with E-state index in [0.717, 1.165) is 16.7 Å². The molecule has 3 rings (SSSR count). The monoisotopic (exact) mass is 411 g/mol. The van der Waals surface area contributed by atoms with Gasteiger partial charge in [-0.25, -0.2) is 18.8 Å². The molecule has 1 N–H and O–H groups in total. The van der Waals surface area contributed by atoms with Gasteiger partial charge >= 0.3 is 11.7 Å². The van der Waals surface area contributed by atoms with Crippen LogP contribution in [0.25, 0.3) is 5.69 Å². The summed E-state index contributed by atoms with van der Waals surface area (Å²) in [6.07, 6.45) is 1.48. The number of ether oxygens (including phenoxy) is 2. The van der Waals surface area contributed by atoms with Crippen LogP contribution in [0.5, 0.6) is 11.5 Å². The Hall–Kier alpha value is -3.55. The van der Waals surface area contributed by atoms with E-state index in [1.807, 2.05) is 26.0 Å². The van der Waals surface area contributed by atoms with Crippen molar-refractivity contribution in [1.82, 2.24) is 14.3 Å². The lowest BCUT2D eigenvalue weighted by Crippen LogP contribution is -2.38. The van der Waals surface area contributed by atoms with Crippen molar-refractivity contribution in [3.63, 3.8) is 0 Å². The van der Waals surface area contributed by atoms with Crippen LogP contribution in [0.4, 0.5) is 0 Å². The van der Waals surface area contributed by atoms with Crippen molar-refractivity contribution in [3.8, 4) is 17.2 Å². The largest absolute Gasteiger partial charge is 0.497 e. The fraction of sp³-hybridized carbons (Fsp3) is 0.318. The van der Waals surface area contributed by atoms with E-state index in [4.69, 9.17) is 9.47 Å². The van der Waals surface area contributed by atoms with E-state index in [0.29, 0.717) is 17.2 Å². The van der Waals surface area contributed by atoms with Gasteiger partial charge in [0.05, 0.1) is 19.3 Å². The van der Waals surface area contributed by atoms with Crippen molar-refractivity contribution in [3.05, 3.63) is 69.9 Å². The molecule has 8 nitrogen and oxygen atoms in total. The van der Waals surface area contributed by atoms with Crippen LogP contribution in [0.3, 0.4) is 0 Å². The number of aromatic nitrogens is 3. The predicted molar refractivity (Wildman–Crippen MR) is 112 cm³/mol. The number of aliphatic carboxylic acids is 1. The Morgan fingerprint density at radius 1 is 1.13 bits per heavy atom. The third-order valence-corrected chi connectivity index (χ3v) is 4.81.